The summed E-state index contributed by atoms with van der Waals surface area (Å²) in [5.41, 5.74) is 5.63. The van der Waals surface area contributed by atoms with Crippen molar-refractivity contribution in [2.45, 2.75) is 25.4 Å². The van der Waals surface area contributed by atoms with E-state index in [1.165, 1.54) is 11.8 Å². The van der Waals surface area contributed by atoms with Crippen LogP contribution in [-0.4, -0.2) is 41.0 Å². The van der Waals surface area contributed by atoms with E-state index in [0.29, 0.717) is 6.42 Å². The molecule has 0 aliphatic heterocycles. The zero-order valence-electron chi connectivity index (χ0n) is 7.73. The molecule has 3 atom stereocenters. The van der Waals surface area contributed by atoms with Crippen molar-refractivity contribution in [1.82, 2.24) is 4.90 Å². The summed E-state index contributed by atoms with van der Waals surface area (Å²) in [6, 6.07) is -0.537. The second-order valence-electron chi connectivity index (χ2n) is 3.46. The minimum Gasteiger partial charge on any atom is -0.481 e. The minimum absolute atomic E-state index is 0.147. The van der Waals surface area contributed by atoms with E-state index in [2.05, 4.69) is 0 Å². The van der Waals surface area contributed by atoms with Gasteiger partial charge in [0.2, 0.25) is 5.91 Å². The third kappa shape index (κ3) is 1.65. The molecule has 0 spiro atoms. The van der Waals surface area contributed by atoms with Crippen LogP contribution in [0.2, 0.25) is 0 Å². The second-order valence-corrected chi connectivity index (χ2v) is 3.46. The van der Waals surface area contributed by atoms with Crippen LogP contribution in [0.3, 0.4) is 0 Å². The van der Waals surface area contributed by atoms with Crippen LogP contribution in [0.25, 0.3) is 0 Å². The Morgan fingerprint density at radius 2 is 2.08 bits per heavy atom. The monoisotopic (exact) mass is 186 g/mol. The number of carboxylic acids is 1. The average molecular weight is 186 g/mol. The topological polar surface area (TPSA) is 83.6 Å². The Hall–Kier alpha value is -1.10. The highest BCUT2D eigenvalue weighted by Gasteiger charge is 2.46. The number of carbonyl (C=O) groups excluding carboxylic acids is 1. The maximum absolute atomic E-state index is 11.0. The molecule has 0 saturated heterocycles. The van der Waals surface area contributed by atoms with Crippen LogP contribution in [0.5, 0.6) is 0 Å². The Morgan fingerprint density at radius 3 is 2.38 bits per heavy atom. The molecule has 0 bridgehead atoms. The van der Waals surface area contributed by atoms with Gasteiger partial charge in [-0.2, -0.15) is 0 Å². The van der Waals surface area contributed by atoms with Crippen molar-refractivity contribution in [3.8, 4) is 0 Å². The maximum atomic E-state index is 11.0. The average Bonchev–Trinajstić information content (AvgIpc) is 1.99. The SMILES string of the molecule is CC(=O)N(C)C1C(N)CC1C(=O)O. The summed E-state index contributed by atoms with van der Waals surface area (Å²) < 4.78 is 0. The normalized spacial score (nSPS) is 32.1. The molecule has 3 unspecified atom stereocenters. The fraction of sp³-hybridized carbons (Fsp3) is 0.750. The lowest BCUT2D eigenvalue weighted by Crippen LogP contribution is -2.63. The molecule has 1 amide bonds. The van der Waals surface area contributed by atoms with Crippen LogP contribution in [0.1, 0.15) is 13.3 Å². The van der Waals surface area contributed by atoms with Gasteiger partial charge in [-0.1, -0.05) is 0 Å². The second kappa shape index (κ2) is 3.33. The van der Waals surface area contributed by atoms with Gasteiger partial charge in [0.05, 0.1) is 12.0 Å². The van der Waals surface area contributed by atoms with Crippen molar-refractivity contribution < 1.29 is 14.7 Å². The third-order valence-corrected chi connectivity index (χ3v) is 2.64. The van der Waals surface area contributed by atoms with Crippen molar-refractivity contribution >= 4 is 11.9 Å². The van der Waals surface area contributed by atoms with Gasteiger partial charge in [0, 0.05) is 20.0 Å². The first-order valence-corrected chi connectivity index (χ1v) is 4.17. The molecule has 1 fully saturated rings. The Labute approximate surface area is 76.5 Å². The molecule has 1 rings (SSSR count). The van der Waals surface area contributed by atoms with Crippen molar-refractivity contribution in [1.29, 1.82) is 0 Å². The lowest BCUT2D eigenvalue weighted by molar-refractivity contribution is -0.152. The van der Waals surface area contributed by atoms with E-state index in [1.807, 2.05) is 0 Å². The Bertz CT molecular complexity index is 226. The van der Waals surface area contributed by atoms with Gasteiger partial charge in [-0.3, -0.25) is 9.59 Å². The van der Waals surface area contributed by atoms with Crippen LogP contribution < -0.4 is 5.73 Å². The molecule has 0 radical (unpaired) electrons. The summed E-state index contributed by atoms with van der Waals surface area (Å²) in [6.07, 6.45) is 0.456. The summed E-state index contributed by atoms with van der Waals surface area (Å²) in [4.78, 5) is 23.0. The highest BCUT2D eigenvalue weighted by molar-refractivity contribution is 5.77. The summed E-state index contributed by atoms with van der Waals surface area (Å²) >= 11 is 0. The number of rotatable bonds is 2. The van der Waals surface area contributed by atoms with Crippen LogP contribution in [-0.2, 0) is 9.59 Å². The summed E-state index contributed by atoms with van der Waals surface area (Å²) in [6.45, 7) is 1.41. The van der Waals surface area contributed by atoms with Crippen molar-refractivity contribution in [3.05, 3.63) is 0 Å². The fourth-order valence-corrected chi connectivity index (χ4v) is 1.69. The molecule has 5 heteroatoms. The van der Waals surface area contributed by atoms with Gasteiger partial charge >= 0.3 is 5.97 Å². The lowest BCUT2D eigenvalue weighted by Gasteiger charge is -2.45. The molecule has 13 heavy (non-hydrogen) atoms. The van der Waals surface area contributed by atoms with Gasteiger partial charge < -0.3 is 15.7 Å². The van der Waals surface area contributed by atoms with Crippen molar-refractivity contribution in [2.24, 2.45) is 11.7 Å². The van der Waals surface area contributed by atoms with Crippen LogP contribution in [0.15, 0.2) is 0 Å². The first-order valence-electron chi connectivity index (χ1n) is 4.17. The number of aliphatic carboxylic acids is 1. The molecule has 1 aliphatic rings. The largest absolute Gasteiger partial charge is 0.481 e. The predicted octanol–water partition coefficient (Wildman–Crippen LogP) is -0.735. The van der Waals surface area contributed by atoms with Crippen LogP contribution >= 0.6 is 0 Å². The van der Waals surface area contributed by atoms with E-state index in [0.717, 1.165) is 0 Å². The number of nitrogens with two attached hydrogens (primary N) is 1. The van der Waals surface area contributed by atoms with Gasteiger partial charge in [0.25, 0.3) is 0 Å². The Balaban J connectivity index is 2.66. The van der Waals surface area contributed by atoms with Crippen LogP contribution in [0.4, 0.5) is 0 Å². The molecule has 0 aromatic carbocycles. The van der Waals surface area contributed by atoms with Gasteiger partial charge in [-0.25, -0.2) is 0 Å². The van der Waals surface area contributed by atoms with E-state index in [-0.39, 0.29) is 18.0 Å². The molecule has 0 aromatic rings. The first kappa shape index (κ1) is 9.98. The zero-order valence-corrected chi connectivity index (χ0v) is 7.73. The molecule has 74 valence electrons. The molecular weight excluding hydrogens is 172 g/mol. The smallest absolute Gasteiger partial charge is 0.308 e. The van der Waals surface area contributed by atoms with Crippen molar-refractivity contribution in [3.63, 3.8) is 0 Å². The van der Waals surface area contributed by atoms with Crippen molar-refractivity contribution in [2.75, 3.05) is 7.05 Å². The van der Waals surface area contributed by atoms with E-state index in [1.54, 1.807) is 7.05 Å². The minimum atomic E-state index is -0.875. The Kier molecular flexibility index (Phi) is 2.56. The summed E-state index contributed by atoms with van der Waals surface area (Å²) in [5, 5.41) is 8.76. The highest BCUT2D eigenvalue weighted by atomic mass is 16.4. The van der Waals surface area contributed by atoms with E-state index >= 15 is 0 Å². The Morgan fingerprint density at radius 1 is 1.54 bits per heavy atom. The van der Waals surface area contributed by atoms with E-state index < -0.39 is 11.9 Å². The van der Waals surface area contributed by atoms with Gasteiger partial charge in [0.1, 0.15) is 0 Å². The van der Waals surface area contributed by atoms with Gasteiger partial charge in [0.15, 0.2) is 0 Å². The number of hydrogen-bond acceptors (Lipinski definition) is 3. The maximum Gasteiger partial charge on any atom is 0.308 e. The quantitative estimate of drug-likeness (QED) is 0.595. The fourth-order valence-electron chi connectivity index (χ4n) is 1.69. The lowest BCUT2D eigenvalue weighted by atomic mass is 9.74. The number of amides is 1. The summed E-state index contributed by atoms with van der Waals surface area (Å²) in [7, 11) is 1.59. The van der Waals surface area contributed by atoms with E-state index in [4.69, 9.17) is 10.8 Å². The molecule has 1 aliphatic carbocycles. The molecule has 0 aromatic heterocycles. The number of carboxylic acid groups (broad SMARTS) is 1. The van der Waals surface area contributed by atoms with Crippen LogP contribution in [0, 0.1) is 5.92 Å². The van der Waals surface area contributed by atoms with Gasteiger partial charge in [-0.05, 0) is 6.42 Å². The molecule has 5 nitrogen and oxygen atoms in total. The molecular formula is C8H14N2O3. The highest BCUT2D eigenvalue weighted by Crippen LogP contribution is 2.30. The first-order chi connectivity index (χ1) is 5.95. The molecule has 1 saturated carbocycles. The predicted molar refractivity (Wildman–Crippen MR) is 46.0 cm³/mol. The third-order valence-electron chi connectivity index (χ3n) is 2.64. The van der Waals surface area contributed by atoms with Gasteiger partial charge in [-0.15, -0.1) is 0 Å². The zero-order chi connectivity index (χ0) is 10.2. The molecule has 3 N–H and O–H groups in total. The van der Waals surface area contributed by atoms with E-state index in [9.17, 15) is 9.59 Å². The number of nitrogens with zero attached hydrogens (tertiary/aromatic N) is 1. The molecule has 0 heterocycles. The number of carbonyl (C=O) groups is 2. The standard InChI is InChI=1S/C8H14N2O3/c1-4(11)10(2)7-5(8(12)13)3-6(7)9/h5-7H,3,9H2,1-2H3,(H,12,13). The summed E-state index contributed by atoms with van der Waals surface area (Å²) in [5.74, 6) is -1.52. The number of hydrogen-bond donors (Lipinski definition) is 2. The number of likely N-dealkylation sites (N-methyl/N-ethyl adjacent to an activating group) is 1.